The molecule has 1 aromatic heterocycles. The Labute approximate surface area is 142 Å². The van der Waals surface area contributed by atoms with E-state index in [2.05, 4.69) is 10.6 Å². The highest BCUT2D eigenvalue weighted by atomic mass is 16.3. The Bertz CT molecular complexity index is 842. The molecule has 1 aromatic carbocycles. The molecule has 2 heterocycles. The van der Waals surface area contributed by atoms with Crippen molar-refractivity contribution in [3.8, 4) is 0 Å². The van der Waals surface area contributed by atoms with E-state index in [9.17, 15) is 14.4 Å². The van der Waals surface area contributed by atoms with Gasteiger partial charge in [-0.05, 0) is 30.3 Å². The Hall–Kier alpha value is -3.39. The van der Waals surface area contributed by atoms with E-state index in [0.29, 0.717) is 11.4 Å². The van der Waals surface area contributed by atoms with E-state index in [0.717, 1.165) is 4.90 Å². The summed E-state index contributed by atoms with van der Waals surface area (Å²) in [6.07, 6.45) is 2.58. The largest absolute Gasteiger partial charge is 0.459 e. The van der Waals surface area contributed by atoms with Crippen LogP contribution in [0.4, 0.5) is 11.4 Å². The first-order valence-electron chi connectivity index (χ1n) is 7.49. The minimum atomic E-state index is -0.510. The van der Waals surface area contributed by atoms with Gasteiger partial charge in [0.15, 0.2) is 5.76 Å². The van der Waals surface area contributed by atoms with Crippen molar-refractivity contribution in [1.82, 2.24) is 4.90 Å². The molecule has 0 radical (unpaired) electrons. The summed E-state index contributed by atoms with van der Waals surface area (Å²) in [6, 6.07) is 9.83. The van der Waals surface area contributed by atoms with E-state index >= 15 is 0 Å². The van der Waals surface area contributed by atoms with Crippen molar-refractivity contribution >= 4 is 29.1 Å². The first kappa shape index (κ1) is 16.5. The molecule has 3 N–H and O–H groups in total. The number of carbonyl (C=O) groups excluding carboxylic acids is 3. The summed E-state index contributed by atoms with van der Waals surface area (Å²) in [5.74, 6) is -1.22. The molecule has 0 fully saturated rings. The van der Waals surface area contributed by atoms with Crippen LogP contribution in [0.15, 0.2) is 58.9 Å². The van der Waals surface area contributed by atoms with Crippen LogP contribution in [0.25, 0.3) is 0 Å². The van der Waals surface area contributed by atoms with E-state index in [1.165, 1.54) is 12.3 Å². The number of nitrogens with one attached hydrogen (secondary N) is 2. The van der Waals surface area contributed by atoms with Gasteiger partial charge in [0.2, 0.25) is 0 Å². The fourth-order valence-corrected chi connectivity index (χ4v) is 2.34. The van der Waals surface area contributed by atoms with Gasteiger partial charge in [-0.2, -0.15) is 0 Å². The van der Waals surface area contributed by atoms with E-state index in [-0.39, 0.29) is 24.6 Å². The lowest BCUT2D eigenvalue weighted by Gasteiger charge is -2.13. The Kier molecular flexibility index (Phi) is 4.62. The molecule has 0 bridgehead atoms. The molecular weight excluding hydrogens is 326 g/mol. The number of aliphatic hydroxyl groups excluding tert-OH is 1. The molecule has 0 saturated heterocycles. The number of hydrogen-bond acceptors (Lipinski definition) is 6. The molecule has 128 valence electrons. The predicted molar refractivity (Wildman–Crippen MR) is 88.6 cm³/mol. The number of benzene rings is 1. The number of β-amino-alcohol motifs (C(OH)–C–C–N with tert-alkyl or cyclic N) is 1. The molecule has 3 rings (SSSR count). The second-order valence-electron chi connectivity index (χ2n) is 5.21. The Morgan fingerprint density at radius 3 is 2.68 bits per heavy atom. The standard InChI is InChI=1S/C17H15N3O5/c21-7-6-20-15(22)10-13(17(20)24)18-11-3-1-4-12(9-11)19-16(23)14-5-2-8-25-14/h1-5,8-10,18,21H,6-7H2,(H,19,23). The van der Waals surface area contributed by atoms with E-state index in [1.54, 1.807) is 36.4 Å². The third-order valence-corrected chi connectivity index (χ3v) is 3.48. The minimum Gasteiger partial charge on any atom is -0.459 e. The highest BCUT2D eigenvalue weighted by Crippen LogP contribution is 2.20. The number of furan rings is 1. The van der Waals surface area contributed by atoms with E-state index in [1.807, 2.05) is 0 Å². The zero-order valence-electron chi connectivity index (χ0n) is 13.1. The summed E-state index contributed by atoms with van der Waals surface area (Å²) < 4.78 is 5.02. The molecule has 0 aliphatic carbocycles. The number of rotatable bonds is 6. The molecule has 2 aromatic rings. The molecule has 0 unspecified atom stereocenters. The number of aliphatic hydroxyl groups is 1. The number of carbonyl (C=O) groups is 3. The van der Waals surface area contributed by atoms with Crippen LogP contribution < -0.4 is 10.6 Å². The van der Waals surface area contributed by atoms with Crippen molar-refractivity contribution < 1.29 is 23.9 Å². The van der Waals surface area contributed by atoms with Crippen LogP contribution >= 0.6 is 0 Å². The second-order valence-corrected chi connectivity index (χ2v) is 5.21. The van der Waals surface area contributed by atoms with Gasteiger partial charge >= 0.3 is 0 Å². The Balaban J connectivity index is 1.70. The second kappa shape index (κ2) is 7.02. The number of anilines is 2. The summed E-state index contributed by atoms with van der Waals surface area (Å²) >= 11 is 0. The molecular formula is C17H15N3O5. The lowest BCUT2D eigenvalue weighted by Crippen LogP contribution is -2.34. The van der Waals surface area contributed by atoms with E-state index < -0.39 is 17.7 Å². The quantitative estimate of drug-likeness (QED) is 0.681. The van der Waals surface area contributed by atoms with Crippen molar-refractivity contribution in [3.63, 3.8) is 0 Å². The average Bonchev–Trinajstić information content (AvgIpc) is 3.21. The lowest BCUT2D eigenvalue weighted by molar-refractivity contribution is -0.137. The van der Waals surface area contributed by atoms with Crippen LogP contribution in [0.5, 0.6) is 0 Å². The maximum absolute atomic E-state index is 12.1. The monoisotopic (exact) mass is 341 g/mol. The van der Waals surface area contributed by atoms with Crippen LogP contribution in [0.2, 0.25) is 0 Å². The summed E-state index contributed by atoms with van der Waals surface area (Å²) in [5.41, 5.74) is 1.12. The molecule has 1 aliphatic heterocycles. The first-order valence-corrected chi connectivity index (χ1v) is 7.49. The van der Waals surface area contributed by atoms with Crippen molar-refractivity contribution in [2.45, 2.75) is 0 Å². The van der Waals surface area contributed by atoms with Gasteiger partial charge in [-0.3, -0.25) is 19.3 Å². The van der Waals surface area contributed by atoms with Gasteiger partial charge < -0.3 is 20.2 Å². The van der Waals surface area contributed by atoms with Crippen molar-refractivity contribution in [3.05, 3.63) is 60.2 Å². The third kappa shape index (κ3) is 3.59. The van der Waals surface area contributed by atoms with Crippen LogP contribution in [0.1, 0.15) is 10.6 Å². The van der Waals surface area contributed by atoms with Gasteiger partial charge in [-0.1, -0.05) is 6.07 Å². The molecule has 3 amide bonds. The van der Waals surface area contributed by atoms with Crippen molar-refractivity contribution in [2.75, 3.05) is 23.8 Å². The summed E-state index contributed by atoms with van der Waals surface area (Å²) in [6.45, 7) is -0.356. The summed E-state index contributed by atoms with van der Waals surface area (Å²) in [5, 5.41) is 14.4. The molecule has 1 aliphatic rings. The molecule has 25 heavy (non-hydrogen) atoms. The summed E-state index contributed by atoms with van der Waals surface area (Å²) in [7, 11) is 0. The normalized spacial score (nSPS) is 13.8. The first-order chi connectivity index (χ1) is 12.1. The van der Waals surface area contributed by atoms with Gasteiger partial charge in [0.05, 0.1) is 19.4 Å². The SMILES string of the molecule is O=C(Nc1cccc(NC2=CC(=O)N(CCO)C2=O)c1)c1ccco1. The minimum absolute atomic E-state index is 0.0570. The molecule has 0 atom stereocenters. The Morgan fingerprint density at radius 2 is 1.96 bits per heavy atom. The smallest absolute Gasteiger partial charge is 0.291 e. The predicted octanol–water partition coefficient (Wildman–Crippen LogP) is 1.19. The fourth-order valence-electron chi connectivity index (χ4n) is 2.34. The molecule has 0 saturated carbocycles. The maximum Gasteiger partial charge on any atom is 0.291 e. The van der Waals surface area contributed by atoms with Gasteiger partial charge in [0.25, 0.3) is 17.7 Å². The lowest BCUT2D eigenvalue weighted by atomic mass is 10.2. The highest BCUT2D eigenvalue weighted by Gasteiger charge is 2.30. The van der Waals surface area contributed by atoms with Crippen molar-refractivity contribution in [2.24, 2.45) is 0 Å². The third-order valence-electron chi connectivity index (χ3n) is 3.48. The average molecular weight is 341 g/mol. The van der Waals surface area contributed by atoms with Gasteiger partial charge in [0, 0.05) is 17.5 Å². The summed E-state index contributed by atoms with van der Waals surface area (Å²) in [4.78, 5) is 36.8. The maximum atomic E-state index is 12.1. The van der Waals surface area contributed by atoms with Crippen LogP contribution in [-0.2, 0) is 9.59 Å². The number of imide groups is 1. The molecule has 8 nitrogen and oxygen atoms in total. The van der Waals surface area contributed by atoms with Crippen LogP contribution in [0, 0.1) is 0 Å². The molecule has 0 spiro atoms. The van der Waals surface area contributed by atoms with Crippen molar-refractivity contribution in [1.29, 1.82) is 0 Å². The number of hydrogen-bond donors (Lipinski definition) is 3. The molecule has 8 heteroatoms. The fraction of sp³-hybridized carbons (Fsp3) is 0.118. The topological polar surface area (TPSA) is 112 Å². The van der Waals surface area contributed by atoms with Gasteiger partial charge in [-0.25, -0.2) is 0 Å². The van der Waals surface area contributed by atoms with Crippen LogP contribution in [0.3, 0.4) is 0 Å². The Morgan fingerprint density at radius 1 is 1.16 bits per heavy atom. The van der Waals surface area contributed by atoms with Crippen LogP contribution in [-0.4, -0.2) is 40.9 Å². The van der Waals surface area contributed by atoms with Gasteiger partial charge in [0.1, 0.15) is 5.70 Å². The highest BCUT2D eigenvalue weighted by molar-refractivity contribution is 6.17. The number of amides is 3. The zero-order chi connectivity index (χ0) is 17.8. The van der Waals surface area contributed by atoms with Gasteiger partial charge in [-0.15, -0.1) is 0 Å². The van der Waals surface area contributed by atoms with E-state index in [4.69, 9.17) is 9.52 Å². The number of nitrogens with zero attached hydrogens (tertiary/aromatic N) is 1. The zero-order valence-corrected chi connectivity index (χ0v) is 13.1.